The molecular weight excluding hydrogens is 402 g/mol. The highest BCUT2D eigenvalue weighted by Crippen LogP contribution is 2.47. The van der Waals surface area contributed by atoms with Gasteiger partial charge < -0.3 is 10.2 Å². The quantitative estimate of drug-likeness (QED) is 0.293. The molecule has 0 saturated heterocycles. The Morgan fingerprint density at radius 2 is 1.39 bits per heavy atom. The maximum absolute atomic E-state index is 5.18. The van der Waals surface area contributed by atoms with Crippen LogP contribution in [0.15, 0.2) is 47.5 Å². The lowest BCUT2D eigenvalue weighted by atomic mass is 10.0. The Labute approximate surface area is 201 Å². The number of fused-ring (bicyclic) bond motifs is 5. The van der Waals surface area contributed by atoms with E-state index in [1.807, 2.05) is 0 Å². The van der Waals surface area contributed by atoms with Gasteiger partial charge in [0.2, 0.25) is 0 Å². The van der Waals surface area contributed by atoms with Gasteiger partial charge in [0, 0.05) is 12.0 Å². The molecule has 33 heavy (non-hydrogen) atoms. The van der Waals surface area contributed by atoms with Gasteiger partial charge in [0.1, 0.15) is 12.0 Å². The Morgan fingerprint density at radius 1 is 0.758 bits per heavy atom. The van der Waals surface area contributed by atoms with Gasteiger partial charge in [0.25, 0.3) is 0 Å². The molecular formula is C30H43N3. The molecule has 3 nitrogen and oxygen atoms in total. The third kappa shape index (κ3) is 5.99. The van der Waals surface area contributed by atoms with Crippen molar-refractivity contribution in [2.75, 3.05) is 10.2 Å². The standard InChI is InChI=1S/C30H43N3/c1-3-4-5-6-7-8-9-10-11-12-13-14-15-23-28-32-29-24(2)19-18-20-25(29)30-31-26-21-16-17-22-27(26)33(28)30/h16-22,30-31H,3-15,23H2,1-2H3. The van der Waals surface area contributed by atoms with Crippen molar-refractivity contribution in [1.29, 1.82) is 0 Å². The van der Waals surface area contributed by atoms with Crippen LogP contribution in [0.3, 0.4) is 0 Å². The molecule has 2 aromatic rings. The Balaban J connectivity index is 1.22. The number of aryl methyl sites for hydroxylation is 1. The molecule has 2 aromatic carbocycles. The van der Waals surface area contributed by atoms with Crippen LogP contribution in [-0.2, 0) is 0 Å². The Hall–Kier alpha value is -2.29. The monoisotopic (exact) mass is 445 g/mol. The Kier molecular flexibility index (Phi) is 8.86. The average Bonchev–Trinajstić information content (AvgIpc) is 3.23. The molecule has 2 heterocycles. The summed E-state index contributed by atoms with van der Waals surface area (Å²) in [6, 6.07) is 15.2. The van der Waals surface area contributed by atoms with Crippen LogP contribution in [-0.4, -0.2) is 5.84 Å². The predicted octanol–water partition coefficient (Wildman–Crippen LogP) is 9.45. The lowest BCUT2D eigenvalue weighted by Gasteiger charge is -2.33. The second kappa shape index (κ2) is 12.3. The summed E-state index contributed by atoms with van der Waals surface area (Å²) >= 11 is 0. The first-order chi connectivity index (χ1) is 16.3. The van der Waals surface area contributed by atoms with Gasteiger partial charge in [-0.1, -0.05) is 114 Å². The number of nitrogens with one attached hydrogen (secondary N) is 1. The topological polar surface area (TPSA) is 27.6 Å². The van der Waals surface area contributed by atoms with Crippen molar-refractivity contribution in [2.45, 2.75) is 110 Å². The number of unbranched alkanes of at least 4 members (excludes halogenated alkanes) is 12. The van der Waals surface area contributed by atoms with E-state index in [9.17, 15) is 0 Å². The van der Waals surface area contributed by atoms with Gasteiger partial charge in [-0.25, -0.2) is 4.99 Å². The molecule has 1 N–H and O–H groups in total. The fraction of sp³-hybridized carbons (Fsp3) is 0.567. The molecule has 0 bridgehead atoms. The predicted molar refractivity (Wildman–Crippen MR) is 144 cm³/mol. The smallest absolute Gasteiger partial charge is 0.133 e. The maximum Gasteiger partial charge on any atom is 0.133 e. The van der Waals surface area contributed by atoms with Gasteiger partial charge in [-0.2, -0.15) is 0 Å². The van der Waals surface area contributed by atoms with E-state index in [1.54, 1.807) is 0 Å². The first-order valence-electron chi connectivity index (χ1n) is 13.6. The summed E-state index contributed by atoms with van der Waals surface area (Å²) in [7, 11) is 0. The van der Waals surface area contributed by atoms with Crippen molar-refractivity contribution < 1.29 is 0 Å². The van der Waals surface area contributed by atoms with E-state index >= 15 is 0 Å². The maximum atomic E-state index is 5.18. The van der Waals surface area contributed by atoms with Crippen LogP contribution in [0.1, 0.15) is 114 Å². The molecule has 0 saturated carbocycles. The van der Waals surface area contributed by atoms with Crippen LogP contribution in [0.25, 0.3) is 0 Å². The van der Waals surface area contributed by atoms with Crippen LogP contribution < -0.4 is 10.2 Å². The third-order valence-corrected chi connectivity index (χ3v) is 7.30. The lowest BCUT2D eigenvalue weighted by molar-refractivity contribution is 0.540. The minimum Gasteiger partial charge on any atom is -0.359 e. The summed E-state index contributed by atoms with van der Waals surface area (Å²) in [6.45, 7) is 4.48. The zero-order valence-electron chi connectivity index (χ0n) is 20.9. The number of aliphatic imine (C=N–C) groups is 1. The second-order valence-electron chi connectivity index (χ2n) is 9.97. The average molecular weight is 446 g/mol. The summed E-state index contributed by atoms with van der Waals surface area (Å²) in [5.41, 5.74) is 6.22. The van der Waals surface area contributed by atoms with E-state index in [-0.39, 0.29) is 6.17 Å². The van der Waals surface area contributed by atoms with E-state index in [4.69, 9.17) is 4.99 Å². The number of amidine groups is 1. The zero-order valence-corrected chi connectivity index (χ0v) is 20.9. The third-order valence-electron chi connectivity index (χ3n) is 7.30. The van der Waals surface area contributed by atoms with Crippen LogP contribution in [0, 0.1) is 6.92 Å². The highest BCUT2D eigenvalue weighted by molar-refractivity contribution is 6.06. The zero-order chi connectivity index (χ0) is 22.9. The Morgan fingerprint density at radius 3 is 2.09 bits per heavy atom. The number of nitrogens with zero attached hydrogens (tertiary/aromatic N) is 2. The molecule has 0 radical (unpaired) electrons. The highest BCUT2D eigenvalue weighted by Gasteiger charge is 2.37. The molecule has 178 valence electrons. The minimum atomic E-state index is 0.173. The molecule has 0 aromatic heterocycles. The number of benzene rings is 2. The van der Waals surface area contributed by atoms with Crippen molar-refractivity contribution in [2.24, 2.45) is 4.99 Å². The van der Waals surface area contributed by atoms with Crippen molar-refractivity contribution >= 4 is 22.9 Å². The second-order valence-corrected chi connectivity index (χ2v) is 9.97. The first kappa shape index (κ1) is 23.9. The molecule has 2 aliphatic heterocycles. The number of anilines is 2. The SMILES string of the molecule is CCCCCCCCCCCCCCCC1=Nc2c(C)cccc2C2Nc3ccccc3N12. The molecule has 0 aliphatic carbocycles. The number of hydrogen-bond donors (Lipinski definition) is 1. The van der Waals surface area contributed by atoms with E-state index in [0.717, 1.165) is 6.42 Å². The minimum absolute atomic E-state index is 0.173. The summed E-state index contributed by atoms with van der Waals surface area (Å²) < 4.78 is 0. The van der Waals surface area contributed by atoms with Crippen LogP contribution in [0.2, 0.25) is 0 Å². The number of hydrogen-bond acceptors (Lipinski definition) is 3. The Bertz CT molecular complexity index is 917. The van der Waals surface area contributed by atoms with Crippen LogP contribution >= 0.6 is 0 Å². The van der Waals surface area contributed by atoms with Crippen LogP contribution in [0.4, 0.5) is 17.1 Å². The molecule has 2 aliphatic rings. The molecule has 1 atom stereocenters. The van der Waals surface area contributed by atoms with Crippen molar-refractivity contribution in [1.82, 2.24) is 0 Å². The molecule has 4 rings (SSSR count). The van der Waals surface area contributed by atoms with Gasteiger partial charge in [-0.3, -0.25) is 0 Å². The van der Waals surface area contributed by atoms with Crippen molar-refractivity contribution in [3.63, 3.8) is 0 Å². The van der Waals surface area contributed by atoms with E-state index < -0.39 is 0 Å². The van der Waals surface area contributed by atoms with Crippen molar-refractivity contribution in [3.05, 3.63) is 53.6 Å². The fourth-order valence-electron chi connectivity index (χ4n) is 5.38. The van der Waals surface area contributed by atoms with Gasteiger partial charge in [-0.05, 0) is 31.0 Å². The summed E-state index contributed by atoms with van der Waals surface area (Å²) in [6.07, 6.45) is 19.3. The van der Waals surface area contributed by atoms with E-state index in [2.05, 4.69) is 66.5 Å². The fourth-order valence-corrected chi connectivity index (χ4v) is 5.38. The molecule has 3 heteroatoms. The molecule has 1 unspecified atom stereocenters. The lowest BCUT2D eigenvalue weighted by Crippen LogP contribution is -2.36. The summed E-state index contributed by atoms with van der Waals surface area (Å²) in [5.74, 6) is 1.22. The highest BCUT2D eigenvalue weighted by atomic mass is 15.4. The summed E-state index contributed by atoms with van der Waals surface area (Å²) in [4.78, 5) is 7.63. The van der Waals surface area contributed by atoms with Gasteiger partial charge in [0.05, 0.1) is 17.1 Å². The van der Waals surface area contributed by atoms with Crippen LogP contribution in [0.5, 0.6) is 0 Å². The van der Waals surface area contributed by atoms with Gasteiger partial charge >= 0.3 is 0 Å². The largest absolute Gasteiger partial charge is 0.359 e. The summed E-state index contributed by atoms with van der Waals surface area (Å²) in [5, 5.41) is 3.74. The number of rotatable bonds is 14. The molecule has 0 spiro atoms. The van der Waals surface area contributed by atoms with Gasteiger partial charge in [0.15, 0.2) is 0 Å². The van der Waals surface area contributed by atoms with E-state index in [1.165, 1.54) is 117 Å². The molecule has 0 amide bonds. The van der Waals surface area contributed by atoms with Gasteiger partial charge in [-0.15, -0.1) is 0 Å². The van der Waals surface area contributed by atoms with E-state index in [0.29, 0.717) is 0 Å². The number of para-hydroxylation sites is 3. The van der Waals surface area contributed by atoms with Crippen molar-refractivity contribution in [3.8, 4) is 0 Å². The first-order valence-corrected chi connectivity index (χ1v) is 13.6. The normalized spacial score (nSPS) is 16.1. The molecule has 0 fully saturated rings.